The molecule has 1 amide bonds. The first-order valence-corrected chi connectivity index (χ1v) is 10.7. The topological polar surface area (TPSA) is 67.8 Å². The lowest BCUT2D eigenvalue weighted by molar-refractivity contribution is -0.00316. The van der Waals surface area contributed by atoms with E-state index in [2.05, 4.69) is 20.5 Å². The zero-order valence-electron chi connectivity index (χ0n) is 16.8. The van der Waals surface area contributed by atoms with Gasteiger partial charge in [-0.15, -0.1) is 10.2 Å². The van der Waals surface area contributed by atoms with Crippen LogP contribution in [0.25, 0.3) is 0 Å². The number of halogens is 4. The monoisotopic (exact) mass is 482 g/mol. The lowest BCUT2D eigenvalue weighted by Gasteiger charge is -2.20. The second-order valence-electron chi connectivity index (χ2n) is 6.90. The minimum absolute atomic E-state index is 0.111. The van der Waals surface area contributed by atoms with Gasteiger partial charge in [-0.1, -0.05) is 58.7 Å². The van der Waals surface area contributed by atoms with Crippen molar-refractivity contribution < 1.29 is 13.6 Å². The highest BCUT2D eigenvalue weighted by Gasteiger charge is 2.34. The van der Waals surface area contributed by atoms with Gasteiger partial charge in [-0.05, 0) is 44.5 Å². The summed E-state index contributed by atoms with van der Waals surface area (Å²) in [5.74, 6) is -3.80. The van der Waals surface area contributed by atoms with E-state index < -0.39 is 18.4 Å². The van der Waals surface area contributed by atoms with Gasteiger partial charge >= 0.3 is 0 Å². The second kappa shape index (κ2) is 9.46. The molecule has 162 valence electrons. The van der Waals surface area contributed by atoms with Crippen LogP contribution in [0.3, 0.4) is 0 Å². The van der Waals surface area contributed by atoms with E-state index in [1.807, 2.05) is 6.92 Å². The molecule has 3 aromatic rings. The van der Waals surface area contributed by atoms with Crippen molar-refractivity contribution in [3.05, 3.63) is 74.7 Å². The van der Waals surface area contributed by atoms with Crippen molar-refractivity contribution in [3.63, 3.8) is 0 Å². The molecule has 0 saturated heterocycles. The summed E-state index contributed by atoms with van der Waals surface area (Å²) in [6.07, 6.45) is 0. The summed E-state index contributed by atoms with van der Waals surface area (Å²) in [7, 11) is 0. The average molecular weight is 483 g/mol. The van der Waals surface area contributed by atoms with Gasteiger partial charge in [0.25, 0.3) is 11.8 Å². The maximum Gasteiger partial charge on any atom is 0.290 e. The SMILES string of the molecule is Cc1ccc(C(F)(F)CNC(=O)c2nc(C)nnc2Sc2ccc(Cl)cc2Cl)c(C)c1. The molecule has 31 heavy (non-hydrogen) atoms. The van der Waals surface area contributed by atoms with E-state index in [1.54, 1.807) is 44.2 Å². The Morgan fingerprint density at radius 1 is 1.10 bits per heavy atom. The molecule has 3 rings (SSSR count). The van der Waals surface area contributed by atoms with Crippen molar-refractivity contribution in [3.8, 4) is 0 Å². The van der Waals surface area contributed by atoms with E-state index >= 15 is 0 Å². The normalized spacial score (nSPS) is 11.5. The molecule has 1 N–H and O–H groups in total. The van der Waals surface area contributed by atoms with Gasteiger partial charge in [-0.2, -0.15) is 8.78 Å². The number of hydrogen-bond acceptors (Lipinski definition) is 5. The Hall–Kier alpha value is -2.29. The third-order valence-corrected chi connectivity index (χ3v) is 6.03. The molecular weight excluding hydrogens is 465 g/mol. The van der Waals surface area contributed by atoms with Crippen LogP contribution in [0, 0.1) is 20.8 Å². The zero-order valence-corrected chi connectivity index (χ0v) is 19.2. The Morgan fingerprint density at radius 2 is 1.84 bits per heavy atom. The first-order valence-electron chi connectivity index (χ1n) is 9.15. The summed E-state index contributed by atoms with van der Waals surface area (Å²) in [5, 5.41) is 11.1. The van der Waals surface area contributed by atoms with Crippen molar-refractivity contribution >= 4 is 40.9 Å². The first-order chi connectivity index (χ1) is 14.6. The van der Waals surface area contributed by atoms with Gasteiger partial charge in [0.1, 0.15) is 5.82 Å². The van der Waals surface area contributed by atoms with Crippen LogP contribution in [0.1, 0.15) is 33.0 Å². The molecular formula is C21H18Cl2F2N4OS. The average Bonchev–Trinajstić information content (AvgIpc) is 2.69. The Bertz CT molecular complexity index is 1140. The molecule has 0 aliphatic rings. The number of aryl methyl sites for hydroxylation is 3. The number of aromatic nitrogens is 3. The number of carbonyl (C=O) groups is 1. The minimum Gasteiger partial charge on any atom is -0.344 e. The van der Waals surface area contributed by atoms with Crippen LogP contribution in [0.2, 0.25) is 10.0 Å². The minimum atomic E-state index is -3.25. The van der Waals surface area contributed by atoms with Crippen LogP contribution in [0.5, 0.6) is 0 Å². The third kappa shape index (κ3) is 5.70. The van der Waals surface area contributed by atoms with Crippen LogP contribution < -0.4 is 5.32 Å². The molecule has 0 fully saturated rings. The summed E-state index contributed by atoms with van der Waals surface area (Å²) >= 11 is 13.1. The molecule has 0 radical (unpaired) electrons. The molecule has 0 unspecified atom stereocenters. The summed E-state index contributed by atoms with van der Waals surface area (Å²) in [6, 6.07) is 9.50. The van der Waals surface area contributed by atoms with Gasteiger partial charge in [-0.3, -0.25) is 4.79 Å². The molecule has 0 bridgehead atoms. The predicted octanol–water partition coefficient (Wildman–Crippen LogP) is 5.78. The van der Waals surface area contributed by atoms with E-state index in [9.17, 15) is 13.6 Å². The summed E-state index contributed by atoms with van der Waals surface area (Å²) in [6.45, 7) is 4.11. The summed E-state index contributed by atoms with van der Waals surface area (Å²) in [5.41, 5.74) is 1.08. The Kier molecular flexibility index (Phi) is 7.13. The maximum absolute atomic E-state index is 14.7. The molecule has 2 aromatic carbocycles. The highest BCUT2D eigenvalue weighted by atomic mass is 35.5. The van der Waals surface area contributed by atoms with Crippen LogP contribution in [0.4, 0.5) is 8.78 Å². The number of hydrogen-bond donors (Lipinski definition) is 1. The van der Waals surface area contributed by atoms with Gasteiger partial charge in [0.15, 0.2) is 10.7 Å². The fraction of sp³-hybridized carbons (Fsp3) is 0.238. The molecule has 10 heteroatoms. The molecule has 0 aliphatic carbocycles. The third-order valence-electron chi connectivity index (χ3n) is 4.32. The molecule has 0 saturated carbocycles. The van der Waals surface area contributed by atoms with Crippen LogP contribution >= 0.6 is 35.0 Å². The zero-order chi connectivity index (χ0) is 22.8. The van der Waals surface area contributed by atoms with Crippen LogP contribution in [-0.4, -0.2) is 27.6 Å². The van der Waals surface area contributed by atoms with Gasteiger partial charge in [0, 0.05) is 15.5 Å². The number of carbonyl (C=O) groups excluding carboxylic acids is 1. The van der Waals surface area contributed by atoms with E-state index in [-0.39, 0.29) is 22.1 Å². The maximum atomic E-state index is 14.7. The number of nitrogens with one attached hydrogen (secondary N) is 1. The van der Waals surface area contributed by atoms with Gasteiger partial charge in [0.2, 0.25) is 0 Å². The van der Waals surface area contributed by atoms with Crippen molar-refractivity contribution in [1.82, 2.24) is 20.5 Å². The number of alkyl halides is 2. The number of amides is 1. The van der Waals surface area contributed by atoms with E-state index in [1.165, 1.54) is 6.07 Å². The fourth-order valence-electron chi connectivity index (χ4n) is 2.87. The fourth-order valence-corrected chi connectivity index (χ4v) is 4.21. The number of nitrogens with zero attached hydrogens (tertiary/aromatic N) is 3. The summed E-state index contributed by atoms with van der Waals surface area (Å²) < 4.78 is 29.5. The molecule has 0 aliphatic heterocycles. The molecule has 1 heterocycles. The highest BCUT2D eigenvalue weighted by molar-refractivity contribution is 7.99. The van der Waals surface area contributed by atoms with E-state index in [0.29, 0.717) is 20.5 Å². The Morgan fingerprint density at radius 3 is 2.52 bits per heavy atom. The van der Waals surface area contributed by atoms with Crippen molar-refractivity contribution in [1.29, 1.82) is 0 Å². The Labute approximate surface area is 192 Å². The van der Waals surface area contributed by atoms with Crippen molar-refractivity contribution in [2.45, 2.75) is 36.6 Å². The molecule has 0 spiro atoms. The van der Waals surface area contributed by atoms with Crippen molar-refractivity contribution in [2.24, 2.45) is 0 Å². The smallest absolute Gasteiger partial charge is 0.290 e. The quantitative estimate of drug-likeness (QED) is 0.482. The second-order valence-corrected chi connectivity index (χ2v) is 8.77. The first kappa shape index (κ1) is 23.4. The number of benzene rings is 2. The standard InChI is InChI=1S/C21H18Cl2F2N4OS/c1-11-4-6-15(12(2)8-11)21(24,25)10-26-19(30)18-20(29-28-13(3)27-18)31-17-7-5-14(22)9-16(17)23/h4-9H,10H2,1-3H3,(H,26,30). The predicted molar refractivity (Wildman–Crippen MR) is 117 cm³/mol. The lowest BCUT2D eigenvalue weighted by atomic mass is 10.0. The van der Waals surface area contributed by atoms with Gasteiger partial charge < -0.3 is 5.32 Å². The number of rotatable bonds is 6. The van der Waals surface area contributed by atoms with E-state index in [4.69, 9.17) is 23.2 Å². The van der Waals surface area contributed by atoms with Gasteiger partial charge in [0.05, 0.1) is 11.6 Å². The molecule has 0 atom stereocenters. The highest BCUT2D eigenvalue weighted by Crippen LogP contribution is 2.35. The molecule has 1 aromatic heterocycles. The van der Waals surface area contributed by atoms with Crippen LogP contribution in [0.15, 0.2) is 46.3 Å². The van der Waals surface area contributed by atoms with Crippen molar-refractivity contribution in [2.75, 3.05) is 6.54 Å². The van der Waals surface area contributed by atoms with Crippen LogP contribution in [-0.2, 0) is 5.92 Å². The Balaban J connectivity index is 1.82. The lowest BCUT2D eigenvalue weighted by Crippen LogP contribution is -2.36. The molecule has 5 nitrogen and oxygen atoms in total. The van der Waals surface area contributed by atoms with Gasteiger partial charge in [-0.25, -0.2) is 4.98 Å². The largest absolute Gasteiger partial charge is 0.344 e. The van der Waals surface area contributed by atoms with E-state index in [0.717, 1.165) is 17.3 Å². The summed E-state index contributed by atoms with van der Waals surface area (Å²) in [4.78, 5) is 17.4.